The van der Waals surface area contributed by atoms with E-state index in [1.165, 1.54) is 11.3 Å². The van der Waals surface area contributed by atoms with Crippen molar-refractivity contribution in [3.63, 3.8) is 0 Å². The van der Waals surface area contributed by atoms with Crippen molar-refractivity contribution in [2.24, 2.45) is 0 Å². The second-order valence-electron chi connectivity index (χ2n) is 2.22. The third kappa shape index (κ3) is 2.41. The molecule has 2 N–H and O–H groups in total. The van der Waals surface area contributed by atoms with Crippen LogP contribution in [0.4, 0.5) is 5.00 Å². The SMILES string of the molecule is C=C(C(=O)O)C(=O)Nc1cccs1. The largest absolute Gasteiger partial charge is 0.478 e. The molecule has 13 heavy (non-hydrogen) atoms. The predicted octanol–water partition coefficient (Wildman–Crippen LogP) is 1.33. The van der Waals surface area contributed by atoms with Crippen LogP contribution in [0, 0.1) is 0 Å². The van der Waals surface area contributed by atoms with Crippen LogP contribution in [0.15, 0.2) is 29.7 Å². The van der Waals surface area contributed by atoms with Crippen molar-refractivity contribution >= 4 is 28.2 Å². The minimum atomic E-state index is -1.31. The van der Waals surface area contributed by atoms with Gasteiger partial charge in [0.05, 0.1) is 5.00 Å². The topological polar surface area (TPSA) is 66.4 Å². The smallest absolute Gasteiger partial charge is 0.340 e. The Morgan fingerprint density at radius 1 is 1.54 bits per heavy atom. The van der Waals surface area contributed by atoms with Gasteiger partial charge in [-0.3, -0.25) is 4.79 Å². The number of carboxylic acids is 1. The number of carbonyl (C=O) groups excluding carboxylic acids is 1. The molecule has 0 spiro atoms. The van der Waals surface area contributed by atoms with E-state index in [1.54, 1.807) is 17.5 Å². The maximum absolute atomic E-state index is 11.1. The van der Waals surface area contributed by atoms with Gasteiger partial charge in [0.15, 0.2) is 0 Å². The molecule has 1 heterocycles. The van der Waals surface area contributed by atoms with Gasteiger partial charge in [0, 0.05) is 0 Å². The zero-order chi connectivity index (χ0) is 9.84. The highest BCUT2D eigenvalue weighted by atomic mass is 32.1. The Morgan fingerprint density at radius 2 is 2.23 bits per heavy atom. The van der Waals surface area contributed by atoms with E-state index in [0.717, 1.165) is 0 Å². The molecule has 0 fully saturated rings. The molecule has 0 saturated carbocycles. The zero-order valence-electron chi connectivity index (χ0n) is 6.61. The molecule has 0 saturated heterocycles. The maximum Gasteiger partial charge on any atom is 0.340 e. The van der Waals surface area contributed by atoms with Crippen LogP contribution in [-0.4, -0.2) is 17.0 Å². The highest BCUT2D eigenvalue weighted by Crippen LogP contribution is 2.15. The van der Waals surface area contributed by atoms with Gasteiger partial charge in [-0.05, 0) is 17.5 Å². The Bertz CT molecular complexity index is 342. The molecule has 5 heteroatoms. The molecule has 0 aliphatic carbocycles. The average molecular weight is 197 g/mol. The fourth-order valence-electron chi connectivity index (χ4n) is 0.634. The van der Waals surface area contributed by atoms with Gasteiger partial charge in [-0.15, -0.1) is 11.3 Å². The van der Waals surface area contributed by atoms with Gasteiger partial charge in [-0.25, -0.2) is 4.79 Å². The van der Waals surface area contributed by atoms with E-state index >= 15 is 0 Å². The maximum atomic E-state index is 11.1. The molecule has 1 aromatic rings. The third-order valence-electron chi connectivity index (χ3n) is 1.29. The Hall–Kier alpha value is -1.62. The van der Waals surface area contributed by atoms with Crippen molar-refractivity contribution in [2.75, 3.05) is 5.32 Å². The normalized spacial score (nSPS) is 9.23. The van der Waals surface area contributed by atoms with Crippen molar-refractivity contribution in [1.29, 1.82) is 0 Å². The number of carbonyl (C=O) groups is 2. The molecular formula is C8H7NO3S. The Kier molecular flexibility index (Phi) is 2.81. The van der Waals surface area contributed by atoms with Crippen molar-refractivity contribution in [3.05, 3.63) is 29.7 Å². The zero-order valence-corrected chi connectivity index (χ0v) is 7.43. The molecule has 0 aliphatic rings. The summed E-state index contributed by atoms with van der Waals surface area (Å²) in [5.41, 5.74) is -0.464. The summed E-state index contributed by atoms with van der Waals surface area (Å²) in [6.45, 7) is 3.13. The van der Waals surface area contributed by atoms with E-state index < -0.39 is 17.4 Å². The summed E-state index contributed by atoms with van der Waals surface area (Å²) in [6, 6.07) is 3.43. The molecule has 0 radical (unpaired) electrons. The summed E-state index contributed by atoms with van der Waals surface area (Å²) < 4.78 is 0. The Labute approximate surface area is 78.5 Å². The molecule has 1 amide bonds. The Morgan fingerprint density at radius 3 is 2.69 bits per heavy atom. The lowest BCUT2D eigenvalue weighted by molar-refractivity contribution is -0.134. The van der Waals surface area contributed by atoms with Gasteiger partial charge in [0.25, 0.3) is 5.91 Å². The van der Waals surface area contributed by atoms with Crippen molar-refractivity contribution in [3.8, 4) is 0 Å². The molecule has 0 aliphatic heterocycles. The van der Waals surface area contributed by atoms with Gasteiger partial charge < -0.3 is 10.4 Å². The van der Waals surface area contributed by atoms with Crippen molar-refractivity contribution < 1.29 is 14.7 Å². The van der Waals surface area contributed by atoms with Crippen molar-refractivity contribution in [2.45, 2.75) is 0 Å². The van der Waals surface area contributed by atoms with E-state index in [4.69, 9.17) is 5.11 Å². The molecule has 68 valence electrons. The highest BCUT2D eigenvalue weighted by molar-refractivity contribution is 7.14. The summed E-state index contributed by atoms with van der Waals surface area (Å²) >= 11 is 1.31. The van der Waals surface area contributed by atoms with E-state index in [2.05, 4.69) is 11.9 Å². The van der Waals surface area contributed by atoms with Crippen LogP contribution in [0.1, 0.15) is 0 Å². The number of rotatable bonds is 3. The van der Waals surface area contributed by atoms with E-state index in [0.29, 0.717) is 5.00 Å². The lowest BCUT2D eigenvalue weighted by atomic mass is 10.3. The molecule has 4 nitrogen and oxygen atoms in total. The first-order valence-electron chi connectivity index (χ1n) is 3.38. The van der Waals surface area contributed by atoms with Crippen LogP contribution in [0.5, 0.6) is 0 Å². The summed E-state index contributed by atoms with van der Waals surface area (Å²) in [7, 11) is 0. The molecule has 0 atom stereocenters. The van der Waals surface area contributed by atoms with Gasteiger partial charge in [0.2, 0.25) is 0 Å². The number of hydrogen-bond donors (Lipinski definition) is 2. The Balaban J connectivity index is 2.61. The van der Waals surface area contributed by atoms with E-state index in [9.17, 15) is 9.59 Å². The third-order valence-corrected chi connectivity index (χ3v) is 2.08. The lowest BCUT2D eigenvalue weighted by Crippen LogP contribution is -2.18. The monoisotopic (exact) mass is 197 g/mol. The number of anilines is 1. The quantitative estimate of drug-likeness (QED) is 0.436. The summed E-state index contributed by atoms with van der Waals surface area (Å²) in [6.07, 6.45) is 0. The molecular weight excluding hydrogens is 190 g/mol. The van der Waals surface area contributed by atoms with E-state index in [-0.39, 0.29) is 0 Å². The number of hydrogen-bond acceptors (Lipinski definition) is 3. The molecule has 1 rings (SSSR count). The first kappa shape index (κ1) is 9.47. The average Bonchev–Trinajstić information content (AvgIpc) is 2.55. The summed E-state index contributed by atoms with van der Waals surface area (Å²) in [4.78, 5) is 21.4. The predicted molar refractivity (Wildman–Crippen MR) is 49.7 cm³/mol. The van der Waals surface area contributed by atoms with Gasteiger partial charge in [-0.2, -0.15) is 0 Å². The van der Waals surface area contributed by atoms with Crippen LogP contribution in [0.25, 0.3) is 0 Å². The standard InChI is InChI=1S/C8H7NO3S/c1-5(8(11)12)7(10)9-6-3-2-4-13-6/h2-4H,1H2,(H,9,10)(H,11,12). The fraction of sp³-hybridized carbons (Fsp3) is 0. The highest BCUT2D eigenvalue weighted by Gasteiger charge is 2.14. The van der Waals surface area contributed by atoms with Gasteiger partial charge in [-0.1, -0.05) is 6.58 Å². The van der Waals surface area contributed by atoms with E-state index in [1.807, 2.05) is 0 Å². The summed E-state index contributed by atoms with van der Waals surface area (Å²) in [5.74, 6) is -2.00. The van der Waals surface area contributed by atoms with Gasteiger partial charge in [0.1, 0.15) is 5.57 Å². The second kappa shape index (κ2) is 3.86. The number of amides is 1. The summed E-state index contributed by atoms with van der Waals surface area (Å²) in [5, 5.41) is 13.2. The number of thiophene rings is 1. The lowest BCUT2D eigenvalue weighted by Gasteiger charge is -2.00. The molecule has 0 unspecified atom stereocenters. The minimum Gasteiger partial charge on any atom is -0.478 e. The number of aliphatic carboxylic acids is 1. The fourth-order valence-corrected chi connectivity index (χ4v) is 1.25. The van der Waals surface area contributed by atoms with Crippen LogP contribution in [-0.2, 0) is 9.59 Å². The first-order valence-corrected chi connectivity index (χ1v) is 4.26. The number of carboxylic acid groups (broad SMARTS) is 1. The van der Waals surface area contributed by atoms with Gasteiger partial charge >= 0.3 is 5.97 Å². The van der Waals surface area contributed by atoms with Crippen LogP contribution >= 0.6 is 11.3 Å². The minimum absolute atomic E-state index is 0.464. The molecule has 0 bridgehead atoms. The molecule has 1 aromatic heterocycles. The second-order valence-corrected chi connectivity index (χ2v) is 3.16. The van der Waals surface area contributed by atoms with Crippen LogP contribution in [0.2, 0.25) is 0 Å². The van der Waals surface area contributed by atoms with Crippen LogP contribution < -0.4 is 5.32 Å². The molecule has 0 aromatic carbocycles. The van der Waals surface area contributed by atoms with Crippen LogP contribution in [0.3, 0.4) is 0 Å². The number of nitrogens with one attached hydrogen (secondary N) is 1. The first-order chi connectivity index (χ1) is 6.11. The van der Waals surface area contributed by atoms with Crippen molar-refractivity contribution in [1.82, 2.24) is 0 Å².